The quantitative estimate of drug-likeness (QED) is 0.405. The number of likely N-dealkylation sites (tertiary alicyclic amines) is 1. The van der Waals surface area contributed by atoms with Gasteiger partial charge in [0.25, 0.3) is 0 Å². The number of hydrogen-bond donors (Lipinski definition) is 1. The molecule has 6 nitrogen and oxygen atoms in total. The number of hydrogen-bond acceptors (Lipinski definition) is 5. The molecule has 2 unspecified atom stereocenters. The van der Waals surface area contributed by atoms with Crippen LogP contribution < -0.4 is 4.72 Å². The second-order valence-electron chi connectivity index (χ2n) is 10.6. The third-order valence-electron chi connectivity index (χ3n) is 7.62. The Balaban J connectivity index is 1.53. The Morgan fingerprint density at radius 3 is 2.30 bits per heavy atom. The number of nitriles is 1. The van der Waals surface area contributed by atoms with Crippen molar-refractivity contribution in [1.29, 1.82) is 5.26 Å². The molecule has 33 heavy (non-hydrogen) atoms. The van der Waals surface area contributed by atoms with Gasteiger partial charge in [-0.2, -0.15) is 5.26 Å². The lowest BCUT2D eigenvalue weighted by Gasteiger charge is -2.41. The van der Waals surface area contributed by atoms with Crippen LogP contribution in [0.25, 0.3) is 0 Å². The largest absolute Gasteiger partial charge is 0.457 e. The van der Waals surface area contributed by atoms with Gasteiger partial charge in [-0.1, -0.05) is 43.2 Å². The minimum Gasteiger partial charge on any atom is -0.403 e. The average molecular weight is 473 g/mol. The molecule has 0 aromatic heterocycles. The number of nitrogens with one attached hydrogen (secondary N) is 1. The van der Waals surface area contributed by atoms with E-state index in [9.17, 15) is 9.47 Å². The van der Waals surface area contributed by atoms with Gasteiger partial charge in [0.2, 0.25) is 0 Å². The summed E-state index contributed by atoms with van der Waals surface area (Å²) in [6.07, 6.45) is 6.76. The monoisotopic (exact) mass is 473 g/mol. The maximum atomic E-state index is 12.1. The second-order valence-corrected chi connectivity index (χ2v) is 11.7. The van der Waals surface area contributed by atoms with E-state index < -0.39 is 16.5 Å². The topological polar surface area (TPSA) is 74.6 Å². The molecule has 0 radical (unpaired) electrons. The molecule has 2 fully saturated rings. The predicted octanol–water partition coefficient (Wildman–Crippen LogP) is 4.31. The zero-order chi connectivity index (χ0) is 24.1. The van der Waals surface area contributed by atoms with Crippen molar-refractivity contribution in [3.63, 3.8) is 0 Å². The highest BCUT2D eigenvalue weighted by Crippen LogP contribution is 2.39. The summed E-state index contributed by atoms with van der Waals surface area (Å²) in [6.45, 7) is 11.1. The van der Waals surface area contributed by atoms with Gasteiger partial charge in [-0.15, -0.1) is 0 Å². The molecule has 0 saturated carbocycles. The molecule has 2 heterocycles. The van der Waals surface area contributed by atoms with Crippen LogP contribution in [0.4, 0.5) is 0 Å². The summed E-state index contributed by atoms with van der Waals surface area (Å²) in [5.41, 5.74) is -0.0720. The van der Waals surface area contributed by atoms with Gasteiger partial charge < -0.3 is 9.31 Å². The first kappa shape index (κ1) is 26.4. The van der Waals surface area contributed by atoms with Crippen LogP contribution in [0, 0.1) is 17.2 Å². The molecule has 8 heteroatoms. The van der Waals surface area contributed by atoms with Crippen molar-refractivity contribution in [2.45, 2.75) is 89.4 Å². The number of benzene rings is 1. The summed E-state index contributed by atoms with van der Waals surface area (Å²) in [7, 11) is -1.45. The second kappa shape index (κ2) is 11.0. The molecule has 0 bridgehead atoms. The first-order chi connectivity index (χ1) is 15.6. The highest BCUT2D eigenvalue weighted by molar-refractivity contribution is 7.82. The van der Waals surface area contributed by atoms with Crippen LogP contribution in [-0.4, -0.2) is 52.3 Å². The van der Waals surface area contributed by atoms with E-state index in [2.05, 4.69) is 67.7 Å². The molecular formula is C25H40BN3O3S. The van der Waals surface area contributed by atoms with E-state index >= 15 is 0 Å². The zero-order valence-corrected chi connectivity index (χ0v) is 21.7. The Morgan fingerprint density at radius 2 is 1.76 bits per heavy atom. The summed E-state index contributed by atoms with van der Waals surface area (Å²) in [5.74, 6) is 0.190. The molecule has 2 aliphatic heterocycles. The number of nitrogens with zero attached hydrogens (tertiary/aromatic N) is 2. The Kier molecular flexibility index (Phi) is 8.79. The Morgan fingerprint density at radius 1 is 1.15 bits per heavy atom. The van der Waals surface area contributed by atoms with Crippen molar-refractivity contribution in [2.24, 2.45) is 5.92 Å². The fourth-order valence-corrected chi connectivity index (χ4v) is 5.82. The molecule has 0 aliphatic carbocycles. The lowest BCUT2D eigenvalue weighted by atomic mass is 9.75. The number of unbranched alkanes of at least 4 members (excludes halogenated alkanes) is 1. The maximum Gasteiger partial charge on any atom is 0.457 e. The smallest absolute Gasteiger partial charge is 0.403 e. The highest BCUT2D eigenvalue weighted by Gasteiger charge is 2.50. The van der Waals surface area contributed by atoms with Crippen LogP contribution >= 0.6 is 0 Å². The molecule has 1 aromatic rings. The number of piperidine rings is 1. The predicted molar refractivity (Wildman–Crippen MR) is 135 cm³/mol. The van der Waals surface area contributed by atoms with Gasteiger partial charge in [0.15, 0.2) is 0 Å². The van der Waals surface area contributed by atoms with Crippen molar-refractivity contribution in [2.75, 3.05) is 19.3 Å². The van der Waals surface area contributed by atoms with E-state index in [0.29, 0.717) is 6.42 Å². The molecule has 1 aromatic carbocycles. The molecule has 182 valence electrons. The van der Waals surface area contributed by atoms with Crippen molar-refractivity contribution >= 4 is 18.1 Å². The van der Waals surface area contributed by atoms with Gasteiger partial charge in [-0.25, -0.2) is 8.93 Å². The zero-order valence-electron chi connectivity index (χ0n) is 20.9. The van der Waals surface area contributed by atoms with Gasteiger partial charge in [0, 0.05) is 12.8 Å². The van der Waals surface area contributed by atoms with Gasteiger partial charge in [0.05, 0.1) is 28.3 Å². The third kappa shape index (κ3) is 6.67. The van der Waals surface area contributed by atoms with Crippen molar-refractivity contribution in [3.8, 4) is 6.07 Å². The fraction of sp³-hybridized carbons (Fsp3) is 0.720. The van der Waals surface area contributed by atoms with Crippen LogP contribution in [0.15, 0.2) is 30.3 Å². The lowest BCUT2D eigenvalue weighted by Crippen LogP contribution is -2.53. The first-order valence-corrected chi connectivity index (χ1v) is 13.8. The molecule has 0 amide bonds. The van der Waals surface area contributed by atoms with Gasteiger partial charge in [-0.05, 0) is 77.8 Å². The molecule has 2 atom stereocenters. The van der Waals surface area contributed by atoms with Gasteiger partial charge in [-0.3, -0.25) is 4.90 Å². The Labute approximate surface area is 203 Å². The van der Waals surface area contributed by atoms with E-state index in [1.165, 1.54) is 5.56 Å². The van der Waals surface area contributed by atoms with Crippen molar-refractivity contribution < 1.29 is 13.5 Å². The maximum absolute atomic E-state index is 12.1. The molecule has 0 spiro atoms. The molecule has 1 N–H and O–H groups in total. The van der Waals surface area contributed by atoms with Crippen LogP contribution in [-0.2, 0) is 26.8 Å². The highest BCUT2D eigenvalue weighted by atomic mass is 32.2. The Hall–Kier alpha value is -1.24. The standard InChI is InChI=1S/C25H40BN3O3S/c1-23(2)24(3,4)32-26(31-23)16-10-9-15-25(20-27,28-33(5)30)22-13-17-29(18-14-22)19-21-11-7-6-8-12-21/h6-8,11-12,22,28H,9-10,13-19H2,1-5H3. The van der Waals surface area contributed by atoms with E-state index in [4.69, 9.17) is 9.31 Å². The van der Waals surface area contributed by atoms with Crippen LogP contribution in [0.1, 0.15) is 65.4 Å². The van der Waals surface area contributed by atoms with Crippen molar-refractivity contribution in [1.82, 2.24) is 9.62 Å². The molecule has 3 rings (SSSR count). The first-order valence-electron chi connectivity index (χ1n) is 12.2. The van der Waals surface area contributed by atoms with Crippen molar-refractivity contribution in [3.05, 3.63) is 35.9 Å². The fourth-order valence-electron chi connectivity index (χ4n) is 4.99. The van der Waals surface area contributed by atoms with Crippen LogP contribution in [0.3, 0.4) is 0 Å². The van der Waals surface area contributed by atoms with Gasteiger partial charge in [0.1, 0.15) is 5.54 Å². The molecular weight excluding hydrogens is 433 g/mol. The van der Waals surface area contributed by atoms with E-state index in [1.54, 1.807) is 6.26 Å². The minimum atomic E-state index is -1.24. The lowest BCUT2D eigenvalue weighted by molar-refractivity contribution is 0.00578. The van der Waals surface area contributed by atoms with E-state index in [-0.39, 0.29) is 24.2 Å². The summed E-state index contributed by atoms with van der Waals surface area (Å²) >= 11 is 0. The normalized spacial score (nSPS) is 23.7. The summed E-state index contributed by atoms with van der Waals surface area (Å²) in [6, 6.07) is 13.1. The van der Waals surface area contributed by atoms with Gasteiger partial charge >= 0.3 is 7.12 Å². The van der Waals surface area contributed by atoms with E-state index in [1.807, 2.05) is 6.07 Å². The van der Waals surface area contributed by atoms with E-state index in [0.717, 1.165) is 51.6 Å². The minimum absolute atomic E-state index is 0.190. The summed E-state index contributed by atoms with van der Waals surface area (Å²) in [4.78, 5) is 2.45. The SMILES string of the molecule is CS(=O)NC(C#N)(CCCCB1OC(C)(C)C(C)(C)O1)C1CCN(Cc2ccccc2)CC1. The molecule has 2 saturated heterocycles. The van der Waals surface area contributed by atoms with Crippen LogP contribution in [0.2, 0.25) is 6.32 Å². The summed E-state index contributed by atoms with van der Waals surface area (Å²) in [5, 5.41) is 10.2. The summed E-state index contributed by atoms with van der Waals surface area (Å²) < 4.78 is 27.5. The Bertz CT molecular complexity index is 821. The third-order valence-corrected chi connectivity index (χ3v) is 8.27. The van der Waals surface area contributed by atoms with Crippen LogP contribution in [0.5, 0.6) is 0 Å². The molecule has 2 aliphatic rings. The average Bonchev–Trinajstić information content (AvgIpc) is 2.97. The number of rotatable bonds is 10.